The first-order valence-electron chi connectivity index (χ1n) is 9.07. The van der Waals surface area contributed by atoms with Crippen LogP contribution in [0.1, 0.15) is 23.3 Å². The Kier molecular flexibility index (Phi) is 5.24. The molecule has 1 aliphatic heterocycles. The van der Waals surface area contributed by atoms with Gasteiger partial charge in [0, 0.05) is 25.0 Å². The van der Waals surface area contributed by atoms with Gasteiger partial charge in [-0.2, -0.15) is 0 Å². The molecule has 0 aliphatic carbocycles. The molecule has 0 radical (unpaired) electrons. The zero-order valence-corrected chi connectivity index (χ0v) is 16.6. The molecule has 0 saturated heterocycles. The Morgan fingerprint density at radius 1 is 1.24 bits per heavy atom. The van der Waals surface area contributed by atoms with Crippen LogP contribution in [0.25, 0.3) is 11.4 Å². The van der Waals surface area contributed by atoms with Gasteiger partial charge in [-0.3, -0.25) is 0 Å². The monoisotopic (exact) mass is 416 g/mol. The van der Waals surface area contributed by atoms with Crippen molar-refractivity contribution >= 4 is 9.84 Å². The van der Waals surface area contributed by atoms with E-state index >= 15 is 0 Å². The first-order chi connectivity index (χ1) is 14.0. The van der Waals surface area contributed by atoms with E-state index in [0.717, 1.165) is 5.56 Å². The summed E-state index contributed by atoms with van der Waals surface area (Å²) >= 11 is 0. The number of hydrogen-bond donors (Lipinski definition) is 1. The van der Waals surface area contributed by atoms with Gasteiger partial charge in [0.25, 0.3) is 0 Å². The third-order valence-corrected chi connectivity index (χ3v) is 6.11. The Labute approximate surface area is 167 Å². The molecule has 11 heteroatoms. The van der Waals surface area contributed by atoms with E-state index in [4.69, 9.17) is 4.74 Å². The van der Waals surface area contributed by atoms with Crippen LogP contribution in [0, 0.1) is 6.92 Å². The fourth-order valence-electron chi connectivity index (χ4n) is 3.11. The third-order valence-electron chi connectivity index (χ3n) is 4.59. The van der Waals surface area contributed by atoms with Crippen molar-refractivity contribution in [1.29, 1.82) is 0 Å². The van der Waals surface area contributed by atoms with E-state index in [2.05, 4.69) is 25.1 Å². The van der Waals surface area contributed by atoms with Crippen molar-refractivity contribution in [2.45, 2.75) is 25.1 Å². The molecule has 4 heterocycles. The first-order valence-corrected chi connectivity index (χ1v) is 10.9. The van der Waals surface area contributed by atoms with Crippen LogP contribution in [0.5, 0.6) is 5.88 Å². The van der Waals surface area contributed by atoms with Gasteiger partial charge in [-0.25, -0.2) is 23.4 Å². The molecule has 29 heavy (non-hydrogen) atoms. The minimum atomic E-state index is -3.51. The summed E-state index contributed by atoms with van der Waals surface area (Å²) in [6, 6.07) is 2.99. The van der Waals surface area contributed by atoms with Crippen LogP contribution >= 0.6 is 0 Å². The van der Waals surface area contributed by atoms with Crippen LogP contribution in [-0.2, 0) is 22.0 Å². The summed E-state index contributed by atoms with van der Waals surface area (Å²) in [5.41, 5.74) is 1.52. The van der Waals surface area contributed by atoms with E-state index in [9.17, 15) is 13.5 Å². The van der Waals surface area contributed by atoms with Crippen molar-refractivity contribution < 1.29 is 18.3 Å². The average molecular weight is 416 g/mol. The Balaban J connectivity index is 1.60. The van der Waals surface area contributed by atoms with Gasteiger partial charge in [-0.15, -0.1) is 10.2 Å². The summed E-state index contributed by atoms with van der Waals surface area (Å²) in [5, 5.41) is 18.1. The van der Waals surface area contributed by atoms with Crippen molar-refractivity contribution in [3.63, 3.8) is 0 Å². The fourth-order valence-corrected chi connectivity index (χ4v) is 4.34. The minimum absolute atomic E-state index is 0.114. The van der Waals surface area contributed by atoms with Crippen LogP contribution in [0.2, 0.25) is 0 Å². The number of sulfone groups is 1. The Morgan fingerprint density at radius 3 is 2.79 bits per heavy atom. The van der Waals surface area contributed by atoms with Gasteiger partial charge in [-0.05, 0) is 24.6 Å². The number of pyridine rings is 1. The number of aliphatic hydroxyl groups excluding tert-OH is 1. The number of hydrogen-bond acceptors (Lipinski definition) is 9. The first kappa shape index (κ1) is 19.4. The van der Waals surface area contributed by atoms with E-state index in [-0.39, 0.29) is 37.0 Å². The fraction of sp³-hybridized carbons (Fsp3) is 0.389. The van der Waals surface area contributed by atoms with Gasteiger partial charge in [-0.1, -0.05) is 0 Å². The molecule has 0 amide bonds. The molecule has 0 spiro atoms. The summed E-state index contributed by atoms with van der Waals surface area (Å²) in [4.78, 5) is 12.5. The highest BCUT2D eigenvalue weighted by atomic mass is 32.2. The lowest BCUT2D eigenvalue weighted by atomic mass is 10.2. The highest BCUT2D eigenvalue weighted by Crippen LogP contribution is 2.33. The van der Waals surface area contributed by atoms with E-state index in [1.165, 1.54) is 0 Å². The van der Waals surface area contributed by atoms with Crippen molar-refractivity contribution in [2.75, 3.05) is 19.0 Å². The highest BCUT2D eigenvalue weighted by molar-refractivity contribution is 7.90. The molecule has 152 valence electrons. The zero-order chi connectivity index (χ0) is 20.4. The second-order valence-corrected chi connectivity index (χ2v) is 9.02. The van der Waals surface area contributed by atoms with Crippen LogP contribution in [0.3, 0.4) is 0 Å². The highest BCUT2D eigenvalue weighted by Gasteiger charge is 2.29. The molecule has 1 aliphatic rings. The normalized spacial score (nSPS) is 15.9. The maximum absolute atomic E-state index is 12.7. The van der Waals surface area contributed by atoms with Crippen LogP contribution in [0.4, 0.5) is 0 Å². The van der Waals surface area contributed by atoms with Crippen molar-refractivity contribution in [3.8, 4) is 17.3 Å². The van der Waals surface area contributed by atoms with Gasteiger partial charge >= 0.3 is 0 Å². The number of fused-ring (bicyclic) bond motifs is 3. The molecule has 0 saturated carbocycles. The van der Waals surface area contributed by atoms with Gasteiger partial charge in [0.15, 0.2) is 15.7 Å². The number of aliphatic hydroxyl groups is 1. The summed E-state index contributed by atoms with van der Waals surface area (Å²) in [5.74, 6) is 1.11. The summed E-state index contributed by atoms with van der Waals surface area (Å²) in [6.45, 7) is 1.76. The predicted octanol–water partition coefficient (Wildman–Crippen LogP) is 0.522. The van der Waals surface area contributed by atoms with Crippen molar-refractivity contribution in [2.24, 2.45) is 0 Å². The molecule has 3 aromatic heterocycles. The topological polar surface area (TPSA) is 133 Å². The standard InChI is InChI=1S/C18H20N6O4S/c1-12-7-20-15(21-8-12)4-6-29(26,27)11-16-22-23-17-14-3-2-5-19-18(14)28-10-13(9-25)24(16)17/h2-3,5,7-8,13,25H,4,6,9-11H2,1H3/t13-/m0/s1. The quantitative estimate of drug-likeness (QED) is 0.610. The maximum Gasteiger partial charge on any atom is 0.224 e. The average Bonchev–Trinajstić information content (AvgIpc) is 3.03. The SMILES string of the molecule is Cc1cnc(CCS(=O)(=O)Cc2nnc3n2[C@@H](CO)COc2ncccc2-3)nc1. The molecule has 0 fully saturated rings. The van der Waals surface area contributed by atoms with Gasteiger partial charge in [0.2, 0.25) is 5.88 Å². The van der Waals surface area contributed by atoms with Crippen molar-refractivity contribution in [1.82, 2.24) is 29.7 Å². The Morgan fingerprint density at radius 2 is 2.03 bits per heavy atom. The van der Waals surface area contributed by atoms with Crippen LogP contribution in [0.15, 0.2) is 30.7 Å². The number of nitrogens with zero attached hydrogens (tertiary/aromatic N) is 6. The minimum Gasteiger partial charge on any atom is -0.475 e. The third kappa shape index (κ3) is 4.10. The molecule has 0 aromatic carbocycles. The van der Waals surface area contributed by atoms with Crippen LogP contribution < -0.4 is 4.74 Å². The Bertz CT molecular complexity index is 1110. The second-order valence-electron chi connectivity index (χ2n) is 6.83. The maximum atomic E-state index is 12.7. The molecule has 1 N–H and O–H groups in total. The largest absolute Gasteiger partial charge is 0.475 e. The van der Waals surface area contributed by atoms with Crippen LogP contribution in [-0.4, -0.2) is 62.2 Å². The zero-order valence-electron chi connectivity index (χ0n) is 15.8. The van der Waals surface area contributed by atoms with E-state index in [0.29, 0.717) is 23.1 Å². The summed E-state index contributed by atoms with van der Waals surface area (Å²) in [6.07, 6.45) is 5.12. The smallest absolute Gasteiger partial charge is 0.224 e. The lowest BCUT2D eigenvalue weighted by molar-refractivity contribution is 0.167. The number of aromatic nitrogens is 6. The van der Waals surface area contributed by atoms with E-state index < -0.39 is 15.9 Å². The van der Waals surface area contributed by atoms with Gasteiger partial charge in [0.05, 0.1) is 24.0 Å². The summed E-state index contributed by atoms with van der Waals surface area (Å²) < 4.78 is 32.7. The number of rotatable bonds is 6. The molecule has 10 nitrogen and oxygen atoms in total. The molecule has 1 atom stereocenters. The molecule has 4 rings (SSSR count). The number of aryl methyl sites for hydroxylation is 2. The predicted molar refractivity (Wildman–Crippen MR) is 103 cm³/mol. The molecular formula is C18H20N6O4S. The van der Waals surface area contributed by atoms with Gasteiger partial charge < -0.3 is 14.4 Å². The molecule has 0 unspecified atom stereocenters. The number of ether oxygens (including phenoxy) is 1. The Hall–Kier alpha value is -2.92. The molecule has 3 aromatic rings. The van der Waals surface area contributed by atoms with Crippen molar-refractivity contribution in [3.05, 3.63) is 47.9 Å². The lowest BCUT2D eigenvalue weighted by Crippen LogP contribution is -2.24. The van der Waals surface area contributed by atoms with Gasteiger partial charge in [0.1, 0.15) is 24.0 Å². The summed E-state index contributed by atoms with van der Waals surface area (Å²) in [7, 11) is -3.51. The molecule has 0 bridgehead atoms. The second kappa shape index (κ2) is 7.84. The lowest BCUT2D eigenvalue weighted by Gasteiger charge is -2.16. The van der Waals surface area contributed by atoms with E-state index in [1.807, 2.05) is 6.92 Å². The van der Waals surface area contributed by atoms with E-state index in [1.54, 1.807) is 35.3 Å². The molecular weight excluding hydrogens is 396 g/mol.